The zero-order valence-electron chi connectivity index (χ0n) is 18.9. The van der Waals surface area contributed by atoms with E-state index in [0.29, 0.717) is 18.2 Å². The second kappa shape index (κ2) is 10.3. The van der Waals surface area contributed by atoms with Crippen molar-refractivity contribution in [2.24, 2.45) is 0 Å². The summed E-state index contributed by atoms with van der Waals surface area (Å²) in [5, 5.41) is 0. The van der Waals surface area contributed by atoms with Crippen LogP contribution in [0.25, 0.3) is 0 Å². The molecule has 1 heterocycles. The number of hydrogen-bond donors (Lipinski definition) is 0. The molecule has 4 aromatic rings. The molecule has 0 aliphatic rings. The standard InChI is InChI=1S/C24H12F9N3O3/c25-22(26,27)13-4-1-7-16(10-13)37-19-34-20(38-17-8-2-5-14(11-17)23(28,29)30)36-21(35-19)39-18-9-3-6-15(12-18)24(31,32)33/h1-12H. The second-order valence-electron chi connectivity index (χ2n) is 7.57. The van der Waals surface area contributed by atoms with Crippen LogP contribution >= 0.6 is 0 Å². The first kappa shape index (κ1) is 27.5. The van der Waals surface area contributed by atoms with E-state index in [9.17, 15) is 39.5 Å². The molecule has 6 nitrogen and oxygen atoms in total. The summed E-state index contributed by atoms with van der Waals surface area (Å²) >= 11 is 0. The fourth-order valence-electron chi connectivity index (χ4n) is 2.98. The van der Waals surface area contributed by atoms with Crippen molar-refractivity contribution in [3.05, 3.63) is 89.5 Å². The van der Waals surface area contributed by atoms with Gasteiger partial charge in [0.1, 0.15) is 17.2 Å². The lowest BCUT2D eigenvalue weighted by Gasteiger charge is -2.12. The first-order valence-corrected chi connectivity index (χ1v) is 10.5. The summed E-state index contributed by atoms with van der Waals surface area (Å²) in [7, 11) is 0. The molecule has 4 rings (SSSR count). The highest BCUT2D eigenvalue weighted by molar-refractivity contribution is 5.35. The zero-order chi connectivity index (χ0) is 28.4. The number of nitrogens with zero attached hydrogens (tertiary/aromatic N) is 3. The molecule has 0 aliphatic carbocycles. The van der Waals surface area contributed by atoms with Gasteiger partial charge < -0.3 is 14.2 Å². The average molecular weight is 561 g/mol. The molecule has 0 unspecified atom stereocenters. The maximum Gasteiger partial charge on any atom is 0.416 e. The summed E-state index contributed by atoms with van der Waals surface area (Å²) in [6.07, 6.45) is -14.1. The average Bonchev–Trinajstić information content (AvgIpc) is 2.83. The van der Waals surface area contributed by atoms with E-state index >= 15 is 0 Å². The minimum absolute atomic E-state index is 0.397. The van der Waals surface area contributed by atoms with E-state index < -0.39 is 70.5 Å². The van der Waals surface area contributed by atoms with Gasteiger partial charge in [-0.2, -0.15) is 39.5 Å². The second-order valence-corrected chi connectivity index (χ2v) is 7.57. The van der Waals surface area contributed by atoms with Crippen LogP contribution in [0.2, 0.25) is 0 Å². The number of rotatable bonds is 6. The van der Waals surface area contributed by atoms with Gasteiger partial charge in [0.05, 0.1) is 16.7 Å². The molecule has 3 aromatic carbocycles. The Labute approximate surface area is 212 Å². The van der Waals surface area contributed by atoms with Crippen molar-refractivity contribution in [3.63, 3.8) is 0 Å². The van der Waals surface area contributed by atoms with Crippen molar-refractivity contribution in [1.29, 1.82) is 0 Å². The summed E-state index contributed by atoms with van der Waals surface area (Å²) in [6, 6.07) is 8.42. The fourth-order valence-corrected chi connectivity index (χ4v) is 2.98. The number of benzene rings is 3. The Morgan fingerprint density at radius 3 is 0.897 bits per heavy atom. The van der Waals surface area contributed by atoms with Gasteiger partial charge in [-0.1, -0.05) is 18.2 Å². The van der Waals surface area contributed by atoms with Crippen molar-refractivity contribution in [2.75, 3.05) is 0 Å². The molecule has 0 bridgehead atoms. The molecule has 0 saturated carbocycles. The Bertz CT molecular complexity index is 1280. The van der Waals surface area contributed by atoms with Crippen LogP contribution in [0.5, 0.6) is 35.3 Å². The van der Waals surface area contributed by atoms with Crippen LogP contribution in [0.3, 0.4) is 0 Å². The molecule has 1 aromatic heterocycles. The van der Waals surface area contributed by atoms with Gasteiger partial charge in [-0.3, -0.25) is 0 Å². The van der Waals surface area contributed by atoms with E-state index in [1.165, 1.54) is 0 Å². The van der Waals surface area contributed by atoms with Gasteiger partial charge in [0, 0.05) is 0 Å². The Balaban J connectivity index is 1.70. The van der Waals surface area contributed by atoms with Gasteiger partial charge in [0.15, 0.2) is 0 Å². The smallest absolute Gasteiger partial charge is 0.416 e. The molecule has 204 valence electrons. The lowest BCUT2D eigenvalue weighted by atomic mass is 10.2. The Morgan fingerprint density at radius 1 is 0.410 bits per heavy atom. The predicted molar refractivity (Wildman–Crippen MR) is 114 cm³/mol. The molecule has 0 spiro atoms. The fraction of sp³-hybridized carbons (Fsp3) is 0.125. The summed E-state index contributed by atoms with van der Waals surface area (Å²) in [4.78, 5) is 11.2. The quantitative estimate of drug-likeness (QED) is 0.221. The molecule has 0 fully saturated rings. The molecular weight excluding hydrogens is 549 g/mol. The highest BCUT2D eigenvalue weighted by atomic mass is 19.4. The van der Waals surface area contributed by atoms with E-state index in [4.69, 9.17) is 14.2 Å². The number of aromatic nitrogens is 3. The van der Waals surface area contributed by atoms with Crippen molar-refractivity contribution in [2.45, 2.75) is 18.5 Å². The molecule has 0 amide bonds. The van der Waals surface area contributed by atoms with Crippen LogP contribution in [-0.2, 0) is 18.5 Å². The van der Waals surface area contributed by atoms with Crippen molar-refractivity contribution in [3.8, 4) is 35.3 Å². The third kappa shape index (κ3) is 7.27. The normalized spacial score (nSPS) is 12.2. The highest BCUT2D eigenvalue weighted by Crippen LogP contribution is 2.36. The van der Waals surface area contributed by atoms with E-state index in [1.54, 1.807) is 0 Å². The van der Waals surface area contributed by atoms with Crippen LogP contribution < -0.4 is 14.2 Å². The first-order chi connectivity index (χ1) is 18.2. The lowest BCUT2D eigenvalue weighted by Crippen LogP contribution is -2.06. The number of ether oxygens (including phenoxy) is 3. The zero-order valence-corrected chi connectivity index (χ0v) is 18.9. The summed E-state index contributed by atoms with van der Waals surface area (Å²) in [5.74, 6) is -1.19. The minimum atomic E-state index is -4.71. The summed E-state index contributed by atoms with van der Waals surface area (Å²) in [5.41, 5.74) is -3.22. The van der Waals surface area contributed by atoms with Crippen LogP contribution in [0, 0.1) is 0 Å². The van der Waals surface area contributed by atoms with Gasteiger partial charge in [0.2, 0.25) is 0 Å². The Morgan fingerprint density at radius 2 is 0.667 bits per heavy atom. The molecule has 15 heteroatoms. The Hall–Kier alpha value is -4.56. The van der Waals surface area contributed by atoms with Crippen LogP contribution in [0.4, 0.5) is 39.5 Å². The topological polar surface area (TPSA) is 66.4 Å². The van der Waals surface area contributed by atoms with Crippen LogP contribution in [0.15, 0.2) is 72.8 Å². The molecule has 0 radical (unpaired) electrons. The first-order valence-electron chi connectivity index (χ1n) is 10.5. The van der Waals surface area contributed by atoms with Crippen molar-refractivity contribution in [1.82, 2.24) is 15.0 Å². The van der Waals surface area contributed by atoms with Gasteiger partial charge in [-0.25, -0.2) is 0 Å². The van der Waals surface area contributed by atoms with Gasteiger partial charge in [0.25, 0.3) is 0 Å². The molecule has 0 atom stereocenters. The third-order valence-corrected chi connectivity index (χ3v) is 4.69. The molecule has 0 N–H and O–H groups in total. The van der Waals surface area contributed by atoms with E-state index in [-0.39, 0.29) is 0 Å². The lowest BCUT2D eigenvalue weighted by molar-refractivity contribution is -0.138. The van der Waals surface area contributed by atoms with Crippen molar-refractivity contribution >= 4 is 0 Å². The van der Waals surface area contributed by atoms with Gasteiger partial charge in [-0.05, 0) is 54.6 Å². The number of alkyl halides is 9. The maximum atomic E-state index is 13.1. The molecule has 39 heavy (non-hydrogen) atoms. The minimum Gasteiger partial charge on any atom is -0.424 e. The van der Waals surface area contributed by atoms with Gasteiger partial charge in [-0.15, -0.1) is 15.0 Å². The molecule has 0 saturated heterocycles. The van der Waals surface area contributed by atoms with Crippen molar-refractivity contribution < 1.29 is 53.7 Å². The maximum absolute atomic E-state index is 13.1. The molecule has 0 aliphatic heterocycles. The van der Waals surface area contributed by atoms with Gasteiger partial charge >= 0.3 is 36.6 Å². The SMILES string of the molecule is FC(F)(F)c1cccc(Oc2nc(Oc3cccc(C(F)(F)F)c3)nc(Oc3cccc(C(F)(F)F)c3)n2)c1. The summed E-state index contributed by atoms with van der Waals surface area (Å²) < 4.78 is 133. The van der Waals surface area contributed by atoms with E-state index in [2.05, 4.69) is 15.0 Å². The Kier molecular flexibility index (Phi) is 7.26. The molecular formula is C24H12F9N3O3. The number of hydrogen-bond acceptors (Lipinski definition) is 6. The third-order valence-electron chi connectivity index (χ3n) is 4.69. The van der Waals surface area contributed by atoms with E-state index in [1.807, 2.05) is 0 Å². The largest absolute Gasteiger partial charge is 0.424 e. The number of halogens is 9. The predicted octanol–water partition coefficient (Wildman–Crippen LogP) is 8.30. The van der Waals surface area contributed by atoms with E-state index in [0.717, 1.165) is 54.6 Å². The van der Waals surface area contributed by atoms with Crippen LogP contribution in [-0.4, -0.2) is 15.0 Å². The van der Waals surface area contributed by atoms with Crippen LogP contribution in [0.1, 0.15) is 16.7 Å². The summed E-state index contributed by atoms with van der Waals surface area (Å²) in [6.45, 7) is 0. The highest BCUT2D eigenvalue weighted by Gasteiger charge is 2.32. The monoisotopic (exact) mass is 561 g/mol.